The van der Waals surface area contributed by atoms with Crippen LogP contribution in [0.4, 0.5) is 5.69 Å². The highest BCUT2D eigenvalue weighted by molar-refractivity contribution is 9.09. The van der Waals surface area contributed by atoms with Gasteiger partial charge in [-0.15, -0.1) is 10.2 Å². The molecule has 0 N–H and O–H groups in total. The first-order chi connectivity index (χ1) is 9.19. The van der Waals surface area contributed by atoms with Crippen LogP contribution in [0.25, 0.3) is 11.4 Å². The maximum absolute atomic E-state index is 10.6. The first kappa shape index (κ1) is 12.6. The minimum atomic E-state index is -0.408. The minimum absolute atomic E-state index is 0.0811. The zero-order valence-corrected chi connectivity index (χ0v) is 12.1. The second-order valence-electron chi connectivity index (χ2n) is 4.11. The summed E-state index contributed by atoms with van der Waals surface area (Å²) < 4.78 is 2.05. The van der Waals surface area contributed by atoms with Crippen LogP contribution in [0.2, 0.25) is 0 Å². The molecule has 98 valence electrons. The van der Waals surface area contributed by atoms with Crippen molar-refractivity contribution in [3.63, 3.8) is 0 Å². The number of hydrogen-bond donors (Lipinski definition) is 0. The molecule has 1 atom stereocenters. The summed E-state index contributed by atoms with van der Waals surface area (Å²) in [5.74, 6) is 0.765. The van der Waals surface area contributed by atoms with Gasteiger partial charge in [0.05, 0.1) is 4.92 Å². The van der Waals surface area contributed by atoms with E-state index in [1.807, 2.05) is 0 Å². The van der Waals surface area contributed by atoms with Gasteiger partial charge in [0.25, 0.3) is 5.69 Å². The largest absolute Gasteiger partial charge is 0.301 e. The third-order valence-corrected chi connectivity index (χ3v) is 5.26. The van der Waals surface area contributed by atoms with Crippen molar-refractivity contribution < 1.29 is 4.92 Å². The van der Waals surface area contributed by atoms with E-state index < -0.39 is 4.92 Å². The Labute approximate surface area is 121 Å². The van der Waals surface area contributed by atoms with Crippen LogP contribution in [0.1, 0.15) is 0 Å². The van der Waals surface area contributed by atoms with Crippen LogP contribution < -0.4 is 0 Å². The van der Waals surface area contributed by atoms with Gasteiger partial charge in [0.15, 0.2) is 11.0 Å². The van der Waals surface area contributed by atoms with Crippen LogP contribution in [0, 0.1) is 10.1 Å². The van der Waals surface area contributed by atoms with E-state index in [0.717, 1.165) is 28.4 Å². The summed E-state index contributed by atoms with van der Waals surface area (Å²) in [6.45, 7) is 0.852. The molecule has 19 heavy (non-hydrogen) atoms. The van der Waals surface area contributed by atoms with Crippen molar-refractivity contribution in [1.29, 1.82) is 0 Å². The number of hydrogen-bond acceptors (Lipinski definition) is 5. The van der Waals surface area contributed by atoms with Gasteiger partial charge < -0.3 is 4.57 Å². The van der Waals surface area contributed by atoms with Gasteiger partial charge in [-0.1, -0.05) is 27.7 Å². The van der Waals surface area contributed by atoms with Gasteiger partial charge in [-0.3, -0.25) is 10.1 Å². The molecule has 0 fully saturated rings. The molecule has 0 bridgehead atoms. The average molecular weight is 341 g/mol. The van der Waals surface area contributed by atoms with Crippen molar-refractivity contribution in [3.8, 4) is 11.4 Å². The number of benzene rings is 1. The van der Waals surface area contributed by atoms with Crippen molar-refractivity contribution in [2.45, 2.75) is 17.0 Å². The van der Waals surface area contributed by atoms with E-state index in [0.29, 0.717) is 5.25 Å². The molecule has 0 spiro atoms. The van der Waals surface area contributed by atoms with Crippen LogP contribution in [0.5, 0.6) is 0 Å². The first-order valence-corrected chi connectivity index (χ1v) is 7.60. The Balaban J connectivity index is 1.94. The Morgan fingerprint density at radius 1 is 1.42 bits per heavy atom. The summed E-state index contributed by atoms with van der Waals surface area (Å²) in [5.41, 5.74) is 0.929. The summed E-state index contributed by atoms with van der Waals surface area (Å²) in [5, 5.41) is 21.2. The number of aromatic nitrogens is 3. The fourth-order valence-electron chi connectivity index (χ4n) is 1.96. The van der Waals surface area contributed by atoms with E-state index in [4.69, 9.17) is 0 Å². The number of non-ortho nitro benzene ring substituents is 1. The predicted molar refractivity (Wildman–Crippen MR) is 75.6 cm³/mol. The molecule has 2 heterocycles. The second-order valence-corrected chi connectivity index (χ2v) is 6.03. The van der Waals surface area contributed by atoms with Crippen molar-refractivity contribution >= 4 is 33.4 Å². The van der Waals surface area contributed by atoms with Gasteiger partial charge in [-0.25, -0.2) is 0 Å². The lowest BCUT2D eigenvalue weighted by Crippen LogP contribution is -2.07. The van der Waals surface area contributed by atoms with Gasteiger partial charge in [0.2, 0.25) is 0 Å². The van der Waals surface area contributed by atoms with Crippen molar-refractivity contribution in [2.75, 3.05) is 5.33 Å². The zero-order chi connectivity index (χ0) is 13.4. The van der Waals surface area contributed by atoms with Crippen LogP contribution in [0.3, 0.4) is 0 Å². The SMILES string of the molecule is O=[N+]([O-])c1ccc(-c2nnc3n2C[C@H](CBr)S3)cc1. The Morgan fingerprint density at radius 3 is 2.79 bits per heavy atom. The standard InChI is InChI=1S/C11H9BrN4O2S/c12-5-9-6-15-10(13-14-11(15)19-9)7-1-3-8(4-2-7)16(17)18/h1-4,9H,5-6H2/t9-/m0/s1. The summed E-state index contributed by atoms with van der Waals surface area (Å²) in [6.07, 6.45) is 0. The van der Waals surface area contributed by atoms with Crippen molar-refractivity contribution in [3.05, 3.63) is 34.4 Å². The molecule has 1 aliphatic heterocycles. The molecule has 8 heteroatoms. The lowest BCUT2D eigenvalue weighted by molar-refractivity contribution is -0.384. The number of alkyl halides is 1. The third-order valence-electron chi connectivity index (χ3n) is 2.88. The molecule has 0 saturated heterocycles. The molecule has 0 aliphatic carbocycles. The molecule has 3 rings (SSSR count). The number of rotatable bonds is 3. The van der Waals surface area contributed by atoms with E-state index in [9.17, 15) is 10.1 Å². The van der Waals surface area contributed by atoms with Gasteiger partial charge in [-0.2, -0.15) is 0 Å². The van der Waals surface area contributed by atoms with Crippen molar-refractivity contribution in [1.82, 2.24) is 14.8 Å². The number of nitrogens with zero attached hydrogens (tertiary/aromatic N) is 4. The van der Waals surface area contributed by atoms with Crippen molar-refractivity contribution in [2.24, 2.45) is 0 Å². The zero-order valence-electron chi connectivity index (χ0n) is 9.69. The molecular weight excluding hydrogens is 332 g/mol. The average Bonchev–Trinajstić information content (AvgIpc) is 2.98. The predicted octanol–water partition coefficient (Wildman–Crippen LogP) is 2.72. The Hall–Kier alpha value is -1.41. The highest BCUT2D eigenvalue weighted by Gasteiger charge is 2.26. The van der Waals surface area contributed by atoms with Gasteiger partial charge in [0, 0.05) is 34.8 Å². The maximum Gasteiger partial charge on any atom is 0.269 e. The smallest absolute Gasteiger partial charge is 0.269 e. The van der Waals surface area contributed by atoms with E-state index in [-0.39, 0.29) is 5.69 Å². The molecule has 1 aromatic carbocycles. The normalized spacial score (nSPS) is 17.4. The monoisotopic (exact) mass is 340 g/mol. The lowest BCUT2D eigenvalue weighted by atomic mass is 10.2. The van der Waals surface area contributed by atoms with Gasteiger partial charge in [0.1, 0.15) is 0 Å². The Morgan fingerprint density at radius 2 is 2.16 bits per heavy atom. The summed E-state index contributed by atoms with van der Waals surface area (Å²) >= 11 is 5.16. The third kappa shape index (κ3) is 2.25. The van der Waals surface area contributed by atoms with Gasteiger partial charge >= 0.3 is 0 Å². The molecule has 0 unspecified atom stereocenters. The number of nitro benzene ring substituents is 1. The van der Waals surface area contributed by atoms with Crippen LogP contribution >= 0.6 is 27.7 Å². The highest BCUT2D eigenvalue weighted by Crippen LogP contribution is 2.35. The number of thioether (sulfide) groups is 1. The van der Waals surface area contributed by atoms with Crippen LogP contribution in [-0.4, -0.2) is 30.3 Å². The molecule has 0 amide bonds. The molecule has 0 radical (unpaired) electrons. The lowest BCUT2D eigenvalue weighted by Gasteiger charge is -2.04. The topological polar surface area (TPSA) is 73.8 Å². The molecule has 6 nitrogen and oxygen atoms in total. The number of halogens is 1. The Bertz CT molecular complexity index is 628. The molecule has 2 aromatic rings. The van der Waals surface area contributed by atoms with E-state index in [1.54, 1.807) is 23.9 Å². The maximum atomic E-state index is 10.6. The summed E-state index contributed by atoms with van der Waals surface area (Å²) in [4.78, 5) is 10.2. The minimum Gasteiger partial charge on any atom is -0.301 e. The fraction of sp³-hybridized carbons (Fsp3) is 0.273. The van der Waals surface area contributed by atoms with Crippen LogP contribution in [0.15, 0.2) is 29.4 Å². The fourth-order valence-corrected chi connectivity index (χ4v) is 3.52. The summed E-state index contributed by atoms with van der Waals surface area (Å²) in [6, 6.07) is 6.39. The molecule has 1 aliphatic rings. The number of nitro groups is 1. The number of fused-ring (bicyclic) bond motifs is 1. The second kappa shape index (κ2) is 4.93. The Kier molecular flexibility index (Phi) is 3.28. The molecular formula is C11H9BrN4O2S. The molecule has 1 aromatic heterocycles. The quantitative estimate of drug-likeness (QED) is 0.488. The summed E-state index contributed by atoms with van der Waals surface area (Å²) in [7, 11) is 0. The van der Waals surface area contributed by atoms with E-state index in [1.165, 1.54) is 12.1 Å². The van der Waals surface area contributed by atoms with E-state index in [2.05, 4.69) is 30.7 Å². The van der Waals surface area contributed by atoms with Crippen LogP contribution in [-0.2, 0) is 6.54 Å². The van der Waals surface area contributed by atoms with Gasteiger partial charge in [-0.05, 0) is 12.1 Å². The molecule has 0 saturated carbocycles. The highest BCUT2D eigenvalue weighted by atomic mass is 79.9. The van der Waals surface area contributed by atoms with E-state index >= 15 is 0 Å². The first-order valence-electron chi connectivity index (χ1n) is 5.59.